The molecule has 6 heteroatoms. The third kappa shape index (κ3) is 4.83. The van der Waals surface area contributed by atoms with E-state index in [0.29, 0.717) is 6.54 Å². The molecule has 0 aliphatic rings. The topological polar surface area (TPSA) is 93.0 Å². The molecule has 26 heavy (non-hydrogen) atoms. The molecule has 0 fully saturated rings. The largest absolute Gasteiger partial charge is 0.445 e. The van der Waals surface area contributed by atoms with Gasteiger partial charge in [0.1, 0.15) is 12.4 Å². The molecule has 0 aliphatic carbocycles. The minimum Gasteiger partial charge on any atom is -0.445 e. The Morgan fingerprint density at radius 1 is 1.12 bits per heavy atom. The molecule has 0 radical (unpaired) electrons. The molecule has 1 amide bonds. The van der Waals surface area contributed by atoms with Gasteiger partial charge in [0, 0.05) is 0 Å². The van der Waals surface area contributed by atoms with Gasteiger partial charge >= 0.3 is 6.09 Å². The Balaban J connectivity index is 1.66. The molecule has 136 valence electrons. The van der Waals surface area contributed by atoms with Crippen molar-refractivity contribution in [2.45, 2.75) is 31.9 Å². The summed E-state index contributed by atoms with van der Waals surface area (Å²) in [4.78, 5) is 20.1. The monoisotopic (exact) mass is 352 g/mol. The van der Waals surface area contributed by atoms with Gasteiger partial charge in [0.2, 0.25) is 0 Å². The van der Waals surface area contributed by atoms with Gasteiger partial charge in [-0.25, -0.2) is 9.78 Å². The van der Waals surface area contributed by atoms with Crippen LogP contribution in [0.5, 0.6) is 0 Å². The molecule has 0 spiro atoms. The summed E-state index contributed by atoms with van der Waals surface area (Å²) in [5, 5.41) is 2.93. The van der Waals surface area contributed by atoms with Crippen molar-refractivity contribution in [3.8, 4) is 0 Å². The normalized spacial score (nSPS) is 12.0. The first-order chi connectivity index (χ1) is 12.8. The van der Waals surface area contributed by atoms with E-state index in [1.54, 1.807) is 0 Å². The summed E-state index contributed by atoms with van der Waals surface area (Å²) in [5.74, 6) is 0.736. The number of nitrogens with two attached hydrogens (primary N) is 1. The summed E-state index contributed by atoms with van der Waals surface area (Å²) >= 11 is 0. The fourth-order valence-corrected chi connectivity index (χ4v) is 2.81. The molecule has 3 rings (SSSR count). The number of nitrogens with one attached hydrogen (secondary N) is 2. The smallest absolute Gasteiger partial charge is 0.408 e. The molecule has 2 aromatic carbocycles. The van der Waals surface area contributed by atoms with Crippen molar-refractivity contribution >= 4 is 17.1 Å². The number of para-hydroxylation sites is 2. The molecular formula is C20H24N4O2. The second-order valence-electron chi connectivity index (χ2n) is 6.18. The van der Waals surface area contributed by atoms with Crippen LogP contribution in [0.1, 0.15) is 36.7 Å². The van der Waals surface area contributed by atoms with Gasteiger partial charge in [-0.1, -0.05) is 42.5 Å². The van der Waals surface area contributed by atoms with Gasteiger partial charge in [-0.05, 0) is 43.5 Å². The summed E-state index contributed by atoms with van der Waals surface area (Å²) in [5.41, 5.74) is 8.37. The third-order valence-corrected chi connectivity index (χ3v) is 4.19. The highest BCUT2D eigenvalue weighted by Gasteiger charge is 2.19. The van der Waals surface area contributed by atoms with E-state index in [1.165, 1.54) is 0 Å². The number of aromatic amines is 1. The van der Waals surface area contributed by atoms with Crippen molar-refractivity contribution in [3.63, 3.8) is 0 Å². The number of H-pyrrole nitrogens is 1. The van der Waals surface area contributed by atoms with Gasteiger partial charge in [-0.2, -0.15) is 0 Å². The van der Waals surface area contributed by atoms with Crippen molar-refractivity contribution in [1.29, 1.82) is 0 Å². The number of amides is 1. The molecule has 0 saturated heterocycles. The van der Waals surface area contributed by atoms with Crippen LogP contribution in [-0.2, 0) is 11.3 Å². The first-order valence-corrected chi connectivity index (χ1v) is 8.88. The maximum atomic E-state index is 12.2. The van der Waals surface area contributed by atoms with Crippen LogP contribution < -0.4 is 11.1 Å². The molecule has 3 aromatic rings. The van der Waals surface area contributed by atoms with Crippen LogP contribution in [0.15, 0.2) is 54.6 Å². The van der Waals surface area contributed by atoms with Crippen LogP contribution in [0.4, 0.5) is 4.79 Å². The van der Waals surface area contributed by atoms with E-state index in [9.17, 15) is 4.79 Å². The molecule has 1 aromatic heterocycles. The summed E-state index contributed by atoms with van der Waals surface area (Å²) in [6.45, 7) is 0.869. The van der Waals surface area contributed by atoms with Gasteiger partial charge in [0.25, 0.3) is 0 Å². The number of rotatable bonds is 8. The zero-order chi connectivity index (χ0) is 18.2. The van der Waals surface area contributed by atoms with E-state index in [0.717, 1.165) is 41.7 Å². The molecule has 0 aliphatic heterocycles. The van der Waals surface area contributed by atoms with Crippen LogP contribution in [0.2, 0.25) is 0 Å². The SMILES string of the molecule is NCCCC[C@H](NC(=O)OCc1ccccc1)c1nc2ccccc2[nH]1. The molecule has 0 saturated carbocycles. The number of unbranched alkanes of at least 4 members (excludes halogenated alkanes) is 1. The predicted molar refractivity (Wildman–Crippen MR) is 102 cm³/mol. The van der Waals surface area contributed by atoms with Crippen molar-refractivity contribution in [2.75, 3.05) is 6.54 Å². The lowest BCUT2D eigenvalue weighted by atomic mass is 10.1. The number of carbonyl (C=O) groups is 1. The van der Waals surface area contributed by atoms with Gasteiger partial charge in [-0.3, -0.25) is 0 Å². The number of aromatic nitrogens is 2. The fraction of sp³-hybridized carbons (Fsp3) is 0.300. The highest BCUT2D eigenvalue weighted by atomic mass is 16.5. The quantitative estimate of drug-likeness (QED) is 0.539. The average molecular weight is 352 g/mol. The molecular weight excluding hydrogens is 328 g/mol. The summed E-state index contributed by atoms with van der Waals surface area (Å²) < 4.78 is 5.34. The minimum absolute atomic E-state index is 0.238. The number of hydrogen-bond donors (Lipinski definition) is 3. The lowest BCUT2D eigenvalue weighted by molar-refractivity contribution is 0.134. The standard InChI is InChI=1S/C20H24N4O2/c21-13-7-6-12-18(19-22-16-10-4-5-11-17(16)23-19)24-20(25)26-14-15-8-2-1-3-9-15/h1-5,8-11,18H,6-7,12-14,21H2,(H,22,23)(H,24,25)/t18-/m0/s1. The molecule has 1 heterocycles. The zero-order valence-electron chi connectivity index (χ0n) is 14.7. The number of nitrogens with zero attached hydrogens (tertiary/aromatic N) is 1. The number of imidazole rings is 1. The van der Waals surface area contributed by atoms with E-state index in [4.69, 9.17) is 10.5 Å². The maximum Gasteiger partial charge on any atom is 0.408 e. The van der Waals surface area contributed by atoms with Crippen LogP contribution in [0.25, 0.3) is 11.0 Å². The number of benzene rings is 2. The number of hydrogen-bond acceptors (Lipinski definition) is 4. The first kappa shape index (κ1) is 17.9. The number of fused-ring (bicyclic) bond motifs is 1. The Labute approximate surface area is 152 Å². The summed E-state index contributed by atoms with van der Waals surface area (Å²) in [6.07, 6.45) is 2.10. The molecule has 1 atom stereocenters. The molecule has 0 unspecified atom stereocenters. The van der Waals surface area contributed by atoms with E-state index in [1.807, 2.05) is 54.6 Å². The van der Waals surface area contributed by atoms with Gasteiger partial charge in [-0.15, -0.1) is 0 Å². The van der Waals surface area contributed by atoms with E-state index < -0.39 is 6.09 Å². The zero-order valence-corrected chi connectivity index (χ0v) is 14.7. The van der Waals surface area contributed by atoms with Gasteiger partial charge in [0.05, 0.1) is 17.1 Å². The number of carbonyl (C=O) groups excluding carboxylic acids is 1. The van der Waals surface area contributed by atoms with Gasteiger partial charge in [0.15, 0.2) is 0 Å². The fourth-order valence-electron chi connectivity index (χ4n) is 2.81. The molecule has 6 nitrogen and oxygen atoms in total. The van der Waals surface area contributed by atoms with Gasteiger partial charge < -0.3 is 20.8 Å². The molecule has 0 bridgehead atoms. The lowest BCUT2D eigenvalue weighted by Crippen LogP contribution is -2.30. The maximum absolute atomic E-state index is 12.2. The number of alkyl carbamates (subject to hydrolysis) is 1. The van der Waals surface area contributed by atoms with Crippen molar-refractivity contribution < 1.29 is 9.53 Å². The Hall–Kier alpha value is -2.86. The Morgan fingerprint density at radius 3 is 2.65 bits per heavy atom. The van der Waals surface area contributed by atoms with E-state index in [-0.39, 0.29) is 12.6 Å². The van der Waals surface area contributed by atoms with E-state index in [2.05, 4.69) is 15.3 Å². The second-order valence-corrected chi connectivity index (χ2v) is 6.18. The number of ether oxygens (including phenoxy) is 1. The summed E-state index contributed by atoms with van der Waals surface area (Å²) in [6, 6.07) is 17.2. The lowest BCUT2D eigenvalue weighted by Gasteiger charge is -2.16. The first-order valence-electron chi connectivity index (χ1n) is 8.88. The molecule has 4 N–H and O–H groups in total. The van der Waals surface area contributed by atoms with Crippen LogP contribution in [-0.4, -0.2) is 22.6 Å². The predicted octanol–water partition coefficient (Wildman–Crippen LogP) is 3.66. The third-order valence-electron chi connectivity index (χ3n) is 4.19. The minimum atomic E-state index is -0.452. The summed E-state index contributed by atoms with van der Waals surface area (Å²) in [7, 11) is 0. The highest BCUT2D eigenvalue weighted by molar-refractivity contribution is 5.75. The van der Waals surface area contributed by atoms with Crippen molar-refractivity contribution in [1.82, 2.24) is 15.3 Å². The Kier molecular flexibility index (Phi) is 6.22. The van der Waals surface area contributed by atoms with Crippen LogP contribution in [0, 0.1) is 0 Å². The second kappa shape index (κ2) is 9.01. The van der Waals surface area contributed by atoms with Crippen molar-refractivity contribution in [3.05, 3.63) is 66.0 Å². The Bertz CT molecular complexity index is 799. The highest BCUT2D eigenvalue weighted by Crippen LogP contribution is 2.20. The van der Waals surface area contributed by atoms with E-state index >= 15 is 0 Å². The Morgan fingerprint density at radius 2 is 1.88 bits per heavy atom. The average Bonchev–Trinajstić information content (AvgIpc) is 3.11. The van der Waals surface area contributed by atoms with Crippen LogP contribution in [0.3, 0.4) is 0 Å². The van der Waals surface area contributed by atoms with Crippen molar-refractivity contribution in [2.24, 2.45) is 5.73 Å². The van der Waals surface area contributed by atoms with Crippen LogP contribution >= 0.6 is 0 Å².